The van der Waals surface area contributed by atoms with Gasteiger partial charge in [0.2, 0.25) is 5.89 Å². The Morgan fingerprint density at radius 2 is 1.73 bits per heavy atom. The van der Waals surface area contributed by atoms with Crippen molar-refractivity contribution < 1.29 is 9.15 Å². The van der Waals surface area contributed by atoms with Gasteiger partial charge in [-0.05, 0) is 36.5 Å². The molecule has 5 heteroatoms. The first kappa shape index (κ1) is 18.5. The van der Waals surface area contributed by atoms with Crippen LogP contribution in [0.2, 0.25) is 0 Å². The van der Waals surface area contributed by atoms with E-state index in [0.717, 1.165) is 29.1 Å². The summed E-state index contributed by atoms with van der Waals surface area (Å²) in [6.45, 7) is 6.90. The topological polar surface area (TPSA) is 48.2 Å². The minimum Gasteiger partial charge on any atom is -0.492 e. The lowest BCUT2D eigenvalue weighted by atomic mass is 9.98. The number of nitrogens with zero attached hydrogens (tertiary/aromatic N) is 2. The molecule has 0 aliphatic carbocycles. The molecule has 0 bridgehead atoms. The van der Waals surface area contributed by atoms with Crippen molar-refractivity contribution in [1.29, 1.82) is 0 Å². The van der Waals surface area contributed by atoms with Gasteiger partial charge in [-0.25, -0.2) is 0 Å². The number of para-hydroxylation sites is 1. The van der Waals surface area contributed by atoms with Gasteiger partial charge in [0, 0.05) is 12.2 Å². The molecule has 0 aliphatic heterocycles. The second kappa shape index (κ2) is 8.90. The van der Waals surface area contributed by atoms with Crippen molar-refractivity contribution in [3.05, 3.63) is 71.1 Å². The third-order valence-corrected chi connectivity index (χ3v) is 5.04. The number of aromatic nitrogens is 2. The van der Waals surface area contributed by atoms with Gasteiger partial charge in [0.05, 0.1) is 6.61 Å². The van der Waals surface area contributed by atoms with Gasteiger partial charge in [0.15, 0.2) is 0 Å². The Kier molecular flexibility index (Phi) is 6.34. The first-order valence-corrected chi connectivity index (χ1v) is 9.81. The Morgan fingerprint density at radius 3 is 2.46 bits per heavy atom. The Balaban J connectivity index is 1.47. The van der Waals surface area contributed by atoms with Crippen LogP contribution in [0.5, 0.6) is 5.75 Å². The SMILES string of the molecule is Cc1cccc(C)c1OCCSc1nnc(CC(C)c2ccccc2)o1. The summed E-state index contributed by atoms with van der Waals surface area (Å²) in [5, 5.41) is 8.90. The molecular formula is C21H24N2O2S. The number of hydrogen-bond donors (Lipinski definition) is 0. The monoisotopic (exact) mass is 368 g/mol. The van der Waals surface area contributed by atoms with Gasteiger partial charge >= 0.3 is 0 Å². The maximum absolute atomic E-state index is 5.91. The lowest BCUT2D eigenvalue weighted by Gasteiger charge is -2.11. The highest BCUT2D eigenvalue weighted by Gasteiger charge is 2.12. The van der Waals surface area contributed by atoms with E-state index in [4.69, 9.17) is 9.15 Å². The second-order valence-corrected chi connectivity index (χ2v) is 7.44. The highest BCUT2D eigenvalue weighted by Crippen LogP contribution is 2.24. The molecule has 0 saturated carbocycles. The van der Waals surface area contributed by atoms with Crippen LogP contribution < -0.4 is 4.74 Å². The van der Waals surface area contributed by atoms with Crippen LogP contribution in [0, 0.1) is 13.8 Å². The molecule has 136 valence electrons. The third kappa shape index (κ3) is 4.88. The molecule has 1 heterocycles. The summed E-state index contributed by atoms with van der Waals surface area (Å²) >= 11 is 1.53. The number of rotatable bonds is 8. The molecule has 0 fully saturated rings. The van der Waals surface area contributed by atoms with Gasteiger partial charge in [0.25, 0.3) is 5.22 Å². The van der Waals surface area contributed by atoms with Crippen molar-refractivity contribution in [1.82, 2.24) is 10.2 Å². The van der Waals surface area contributed by atoms with Crippen molar-refractivity contribution >= 4 is 11.8 Å². The maximum Gasteiger partial charge on any atom is 0.276 e. The molecule has 1 unspecified atom stereocenters. The predicted molar refractivity (Wildman–Crippen MR) is 105 cm³/mol. The number of thioether (sulfide) groups is 1. The fraction of sp³-hybridized carbons (Fsp3) is 0.333. The highest BCUT2D eigenvalue weighted by atomic mass is 32.2. The van der Waals surface area contributed by atoms with Crippen LogP contribution in [0.25, 0.3) is 0 Å². The lowest BCUT2D eigenvalue weighted by molar-refractivity contribution is 0.338. The molecule has 0 saturated heterocycles. The van der Waals surface area contributed by atoms with E-state index >= 15 is 0 Å². The van der Waals surface area contributed by atoms with Gasteiger partial charge in [-0.2, -0.15) is 0 Å². The van der Waals surface area contributed by atoms with Crippen LogP contribution in [-0.2, 0) is 6.42 Å². The molecule has 1 aromatic heterocycles. The van der Waals surface area contributed by atoms with Crippen LogP contribution >= 0.6 is 11.8 Å². The molecule has 2 aromatic carbocycles. The first-order valence-electron chi connectivity index (χ1n) is 8.82. The minimum absolute atomic E-state index is 0.349. The van der Waals surface area contributed by atoms with E-state index in [1.54, 1.807) is 0 Å². The summed E-state index contributed by atoms with van der Waals surface area (Å²) in [6, 6.07) is 16.6. The normalized spacial score (nSPS) is 12.1. The van der Waals surface area contributed by atoms with E-state index in [1.165, 1.54) is 17.3 Å². The van der Waals surface area contributed by atoms with Crippen molar-refractivity contribution in [2.75, 3.05) is 12.4 Å². The van der Waals surface area contributed by atoms with Gasteiger partial charge in [-0.15, -0.1) is 10.2 Å². The second-order valence-electron chi connectivity index (χ2n) is 6.40. The average Bonchev–Trinajstić information content (AvgIpc) is 3.08. The van der Waals surface area contributed by atoms with E-state index in [1.807, 2.05) is 12.1 Å². The van der Waals surface area contributed by atoms with Gasteiger partial charge in [-0.1, -0.05) is 67.2 Å². The number of aryl methyl sites for hydroxylation is 2. The summed E-state index contributed by atoms with van der Waals surface area (Å²) in [5.41, 5.74) is 3.59. The lowest BCUT2D eigenvalue weighted by Crippen LogP contribution is -2.02. The zero-order valence-electron chi connectivity index (χ0n) is 15.4. The zero-order chi connectivity index (χ0) is 18.4. The van der Waals surface area contributed by atoms with Crippen molar-refractivity contribution in [2.45, 2.75) is 38.3 Å². The summed E-state index contributed by atoms with van der Waals surface area (Å²) in [6.07, 6.45) is 0.747. The zero-order valence-corrected chi connectivity index (χ0v) is 16.3. The third-order valence-electron chi connectivity index (χ3n) is 4.26. The van der Waals surface area contributed by atoms with Crippen LogP contribution in [0.1, 0.15) is 35.4 Å². The molecule has 0 spiro atoms. The fourth-order valence-corrected chi connectivity index (χ4v) is 3.43. The number of benzene rings is 2. The molecule has 4 nitrogen and oxygen atoms in total. The summed E-state index contributed by atoms with van der Waals surface area (Å²) < 4.78 is 11.7. The summed E-state index contributed by atoms with van der Waals surface area (Å²) in [5.74, 6) is 2.77. The Morgan fingerprint density at radius 1 is 1.00 bits per heavy atom. The highest BCUT2D eigenvalue weighted by molar-refractivity contribution is 7.99. The molecule has 1 atom stereocenters. The van der Waals surface area contributed by atoms with E-state index in [0.29, 0.717) is 23.6 Å². The molecule has 0 N–H and O–H groups in total. The van der Waals surface area contributed by atoms with E-state index < -0.39 is 0 Å². The first-order chi connectivity index (χ1) is 12.6. The fourth-order valence-electron chi connectivity index (χ4n) is 2.84. The van der Waals surface area contributed by atoms with Crippen LogP contribution in [-0.4, -0.2) is 22.6 Å². The van der Waals surface area contributed by atoms with Crippen LogP contribution in [0.15, 0.2) is 58.2 Å². The van der Waals surface area contributed by atoms with Crippen molar-refractivity contribution in [3.8, 4) is 5.75 Å². The minimum atomic E-state index is 0.349. The Labute approximate surface area is 159 Å². The predicted octanol–water partition coefficient (Wildman–Crippen LogP) is 5.20. The molecular weight excluding hydrogens is 344 g/mol. The average molecular weight is 369 g/mol. The molecule has 3 rings (SSSR count). The van der Waals surface area contributed by atoms with Crippen molar-refractivity contribution in [2.24, 2.45) is 0 Å². The maximum atomic E-state index is 5.91. The van der Waals surface area contributed by atoms with Gasteiger partial charge in [0.1, 0.15) is 5.75 Å². The Hall–Kier alpha value is -2.27. The van der Waals surface area contributed by atoms with E-state index in [2.05, 4.69) is 67.4 Å². The van der Waals surface area contributed by atoms with Gasteiger partial charge in [-0.3, -0.25) is 0 Å². The van der Waals surface area contributed by atoms with Crippen molar-refractivity contribution in [3.63, 3.8) is 0 Å². The largest absolute Gasteiger partial charge is 0.492 e. The van der Waals surface area contributed by atoms with Crippen LogP contribution in [0.4, 0.5) is 0 Å². The van der Waals surface area contributed by atoms with E-state index in [9.17, 15) is 0 Å². The molecule has 0 aliphatic rings. The standard InChI is InChI=1S/C21H24N2O2S/c1-15-8-7-9-16(2)20(15)24-12-13-26-21-23-22-19(25-21)14-17(3)18-10-5-4-6-11-18/h4-11,17H,12-14H2,1-3H3. The Bertz CT molecular complexity index is 813. The van der Waals surface area contributed by atoms with Crippen LogP contribution in [0.3, 0.4) is 0 Å². The van der Waals surface area contributed by atoms with E-state index in [-0.39, 0.29) is 0 Å². The molecule has 0 radical (unpaired) electrons. The summed E-state index contributed by atoms with van der Waals surface area (Å²) in [7, 11) is 0. The van der Waals surface area contributed by atoms with Gasteiger partial charge < -0.3 is 9.15 Å². The molecule has 3 aromatic rings. The number of hydrogen-bond acceptors (Lipinski definition) is 5. The summed E-state index contributed by atoms with van der Waals surface area (Å²) in [4.78, 5) is 0. The molecule has 26 heavy (non-hydrogen) atoms. The molecule has 0 amide bonds. The number of ether oxygens (including phenoxy) is 1. The smallest absolute Gasteiger partial charge is 0.276 e. The quantitative estimate of drug-likeness (QED) is 0.404.